The predicted molar refractivity (Wildman–Crippen MR) is 111 cm³/mol. The minimum atomic E-state index is -0.891. The summed E-state index contributed by atoms with van der Waals surface area (Å²) in [6.45, 7) is 3.49. The van der Waals surface area contributed by atoms with Gasteiger partial charge in [-0.2, -0.15) is 0 Å². The van der Waals surface area contributed by atoms with Crippen molar-refractivity contribution in [2.45, 2.75) is 26.7 Å². The molecule has 0 aromatic heterocycles. The van der Waals surface area contributed by atoms with E-state index >= 15 is 0 Å². The molecule has 0 aliphatic carbocycles. The molecule has 6 heteroatoms. The van der Waals surface area contributed by atoms with Gasteiger partial charge in [0, 0.05) is 16.5 Å². The van der Waals surface area contributed by atoms with Gasteiger partial charge in [-0.25, -0.2) is 4.79 Å². The maximum absolute atomic E-state index is 12.4. The van der Waals surface area contributed by atoms with Crippen molar-refractivity contribution in [1.82, 2.24) is 0 Å². The number of amides is 1. The van der Waals surface area contributed by atoms with E-state index in [1.807, 2.05) is 32.0 Å². The number of anilines is 1. The Bertz CT molecular complexity index is 1050. The second kappa shape index (κ2) is 8.65. The quantitative estimate of drug-likeness (QED) is 0.431. The summed E-state index contributed by atoms with van der Waals surface area (Å²) in [5.74, 6) is -1.82. The van der Waals surface area contributed by atoms with Crippen LogP contribution in [0.4, 0.5) is 5.69 Å². The lowest BCUT2D eigenvalue weighted by molar-refractivity contribution is -0.119. The summed E-state index contributed by atoms with van der Waals surface area (Å²) < 4.78 is 5.07. The Morgan fingerprint density at radius 3 is 2.17 bits per heavy atom. The number of aryl methyl sites for hydroxylation is 2. The van der Waals surface area contributed by atoms with Gasteiger partial charge in [-0.05, 0) is 30.0 Å². The number of phenols is 2. The van der Waals surface area contributed by atoms with Gasteiger partial charge in [0.05, 0.1) is 0 Å². The molecule has 3 aromatic rings. The largest absolute Gasteiger partial charge is 0.507 e. The zero-order chi connectivity index (χ0) is 21.0. The lowest BCUT2D eigenvalue weighted by Gasteiger charge is -2.15. The van der Waals surface area contributed by atoms with Crippen molar-refractivity contribution in [3.8, 4) is 11.5 Å². The third kappa shape index (κ3) is 4.16. The number of carbonyl (C=O) groups is 2. The van der Waals surface area contributed by atoms with Crippen LogP contribution in [0.3, 0.4) is 0 Å². The van der Waals surface area contributed by atoms with Crippen molar-refractivity contribution >= 4 is 28.3 Å². The third-order valence-electron chi connectivity index (χ3n) is 4.81. The maximum atomic E-state index is 12.4. The molecule has 0 aliphatic heterocycles. The lowest BCUT2D eigenvalue weighted by atomic mass is 10.0. The molecule has 3 rings (SSSR count). The molecule has 0 heterocycles. The van der Waals surface area contributed by atoms with Crippen LogP contribution < -0.4 is 5.32 Å². The van der Waals surface area contributed by atoms with E-state index in [1.54, 1.807) is 24.3 Å². The van der Waals surface area contributed by atoms with Crippen LogP contribution in [0.2, 0.25) is 0 Å². The monoisotopic (exact) mass is 393 g/mol. The van der Waals surface area contributed by atoms with Crippen LogP contribution >= 0.6 is 0 Å². The van der Waals surface area contributed by atoms with E-state index in [0.717, 1.165) is 35.7 Å². The average Bonchev–Trinajstić information content (AvgIpc) is 2.74. The summed E-state index contributed by atoms with van der Waals surface area (Å²) >= 11 is 0. The summed E-state index contributed by atoms with van der Waals surface area (Å²) in [6, 6.07) is 13.6. The number of aromatic hydroxyl groups is 2. The zero-order valence-corrected chi connectivity index (χ0v) is 16.4. The molecule has 0 saturated heterocycles. The number of nitrogens with one attached hydrogen (secondary N) is 1. The van der Waals surface area contributed by atoms with E-state index in [9.17, 15) is 19.8 Å². The Kier molecular flexibility index (Phi) is 6.02. The van der Waals surface area contributed by atoms with Crippen LogP contribution in [0.5, 0.6) is 11.5 Å². The highest BCUT2D eigenvalue weighted by molar-refractivity contribution is 6.04. The van der Waals surface area contributed by atoms with Gasteiger partial charge in [0.2, 0.25) is 0 Å². The van der Waals surface area contributed by atoms with Crippen molar-refractivity contribution in [3.63, 3.8) is 0 Å². The highest BCUT2D eigenvalue weighted by Crippen LogP contribution is 2.35. The molecule has 0 radical (unpaired) electrons. The molecule has 0 unspecified atom stereocenters. The Morgan fingerprint density at radius 2 is 1.55 bits per heavy atom. The molecule has 6 nitrogen and oxygen atoms in total. The minimum absolute atomic E-state index is 0.153. The fourth-order valence-corrected chi connectivity index (χ4v) is 3.28. The number of fused-ring (bicyclic) bond motifs is 1. The van der Waals surface area contributed by atoms with Gasteiger partial charge in [0.1, 0.15) is 17.1 Å². The van der Waals surface area contributed by atoms with Crippen molar-refractivity contribution in [3.05, 3.63) is 65.2 Å². The Labute approximate surface area is 168 Å². The number of para-hydroxylation sites is 1. The number of ether oxygens (including phenoxy) is 1. The SMILES string of the molecule is CCc1cccc(CC)c1NC(=O)COC(=O)c1cc(O)c2ccccc2c1O. The fourth-order valence-electron chi connectivity index (χ4n) is 3.28. The van der Waals surface area contributed by atoms with Crippen LogP contribution in [0.15, 0.2) is 48.5 Å². The van der Waals surface area contributed by atoms with Crippen molar-refractivity contribution in [1.29, 1.82) is 0 Å². The van der Waals surface area contributed by atoms with Gasteiger partial charge in [-0.15, -0.1) is 0 Å². The number of benzene rings is 3. The number of hydrogen-bond donors (Lipinski definition) is 3. The second-order valence-corrected chi connectivity index (χ2v) is 6.62. The fraction of sp³-hybridized carbons (Fsp3) is 0.217. The molecule has 0 saturated carbocycles. The predicted octanol–water partition coefficient (Wildman–Crippen LogP) is 4.17. The van der Waals surface area contributed by atoms with Gasteiger partial charge < -0.3 is 20.3 Å². The van der Waals surface area contributed by atoms with E-state index < -0.39 is 18.5 Å². The van der Waals surface area contributed by atoms with E-state index in [2.05, 4.69) is 5.32 Å². The first-order chi connectivity index (χ1) is 14.0. The number of rotatable bonds is 6. The first-order valence-corrected chi connectivity index (χ1v) is 9.47. The first-order valence-electron chi connectivity index (χ1n) is 9.47. The van der Waals surface area contributed by atoms with Crippen LogP contribution in [0, 0.1) is 0 Å². The topological polar surface area (TPSA) is 95.9 Å². The summed E-state index contributed by atoms with van der Waals surface area (Å²) in [5, 5.41) is 24.0. The molecule has 0 aliphatic rings. The highest BCUT2D eigenvalue weighted by Gasteiger charge is 2.19. The van der Waals surface area contributed by atoms with E-state index in [4.69, 9.17) is 4.74 Å². The molecular formula is C23H23NO5. The van der Waals surface area contributed by atoms with Crippen LogP contribution in [-0.4, -0.2) is 28.7 Å². The molecule has 1 amide bonds. The molecule has 0 fully saturated rings. The highest BCUT2D eigenvalue weighted by atomic mass is 16.5. The number of phenolic OH excluding ortho intramolecular Hbond substituents is 2. The van der Waals surface area contributed by atoms with E-state index in [0.29, 0.717) is 10.8 Å². The van der Waals surface area contributed by atoms with Gasteiger partial charge in [-0.1, -0.05) is 56.3 Å². The zero-order valence-electron chi connectivity index (χ0n) is 16.4. The van der Waals surface area contributed by atoms with Crippen LogP contribution in [0.1, 0.15) is 35.3 Å². The summed E-state index contributed by atoms with van der Waals surface area (Å²) in [5.41, 5.74) is 2.55. The number of carbonyl (C=O) groups excluding carboxylic acids is 2. The van der Waals surface area contributed by atoms with Crippen LogP contribution in [-0.2, 0) is 22.4 Å². The Hall–Kier alpha value is -3.54. The van der Waals surface area contributed by atoms with Crippen molar-refractivity contribution in [2.75, 3.05) is 11.9 Å². The van der Waals surface area contributed by atoms with E-state index in [1.165, 1.54) is 0 Å². The first kappa shape index (κ1) is 20.2. The minimum Gasteiger partial charge on any atom is -0.507 e. The molecule has 0 spiro atoms. The number of hydrogen-bond acceptors (Lipinski definition) is 5. The Balaban J connectivity index is 1.74. The summed E-state index contributed by atoms with van der Waals surface area (Å²) in [4.78, 5) is 24.7. The van der Waals surface area contributed by atoms with Gasteiger partial charge >= 0.3 is 5.97 Å². The molecule has 0 atom stereocenters. The number of esters is 1. The van der Waals surface area contributed by atoms with Crippen LogP contribution in [0.25, 0.3) is 10.8 Å². The van der Waals surface area contributed by atoms with Crippen molar-refractivity contribution < 1.29 is 24.5 Å². The van der Waals surface area contributed by atoms with Gasteiger partial charge in [0.25, 0.3) is 5.91 Å². The lowest BCUT2D eigenvalue weighted by Crippen LogP contribution is -2.22. The molecule has 29 heavy (non-hydrogen) atoms. The van der Waals surface area contributed by atoms with Crippen molar-refractivity contribution in [2.24, 2.45) is 0 Å². The summed E-state index contributed by atoms with van der Waals surface area (Å²) in [7, 11) is 0. The average molecular weight is 393 g/mol. The molecule has 0 bridgehead atoms. The second-order valence-electron chi connectivity index (χ2n) is 6.62. The molecular weight excluding hydrogens is 370 g/mol. The van der Waals surface area contributed by atoms with Gasteiger partial charge in [-0.3, -0.25) is 4.79 Å². The molecule has 3 aromatic carbocycles. The maximum Gasteiger partial charge on any atom is 0.342 e. The van der Waals surface area contributed by atoms with E-state index in [-0.39, 0.29) is 17.1 Å². The molecule has 150 valence electrons. The van der Waals surface area contributed by atoms with Gasteiger partial charge in [0.15, 0.2) is 6.61 Å². The smallest absolute Gasteiger partial charge is 0.342 e. The normalized spacial score (nSPS) is 10.7. The third-order valence-corrected chi connectivity index (χ3v) is 4.81. The molecule has 3 N–H and O–H groups in total. The Morgan fingerprint density at radius 1 is 0.931 bits per heavy atom. The summed E-state index contributed by atoms with van der Waals surface area (Å²) in [6.07, 6.45) is 1.51. The standard InChI is InChI=1S/C23H23NO5/c1-3-14-8-7-9-15(4-2)21(14)24-20(26)13-29-23(28)18-12-19(25)16-10-5-6-11-17(16)22(18)27/h5-12,25,27H,3-4,13H2,1-2H3,(H,24,26).